The van der Waals surface area contributed by atoms with Crippen LogP contribution in [0.5, 0.6) is 5.75 Å². The summed E-state index contributed by atoms with van der Waals surface area (Å²) in [4.78, 5) is 22.1. The van der Waals surface area contributed by atoms with Crippen LogP contribution in [0.1, 0.15) is 42.8 Å². The quantitative estimate of drug-likeness (QED) is 0.626. The number of nitrogens with one attached hydrogen (secondary N) is 1. The molecule has 0 unspecified atom stereocenters. The van der Waals surface area contributed by atoms with Gasteiger partial charge in [0.25, 0.3) is 0 Å². The van der Waals surface area contributed by atoms with Gasteiger partial charge in [-0.2, -0.15) is 0 Å². The third-order valence-electron chi connectivity index (χ3n) is 5.05. The molecule has 0 saturated heterocycles. The van der Waals surface area contributed by atoms with Gasteiger partial charge >= 0.3 is 0 Å². The maximum atomic E-state index is 12.4. The minimum atomic E-state index is -0.0604. The fourth-order valence-corrected chi connectivity index (χ4v) is 3.65. The van der Waals surface area contributed by atoms with Crippen molar-refractivity contribution in [3.63, 3.8) is 0 Å². The number of aryl methyl sites for hydroxylation is 2. The number of amides is 1. The number of phenols is 1. The van der Waals surface area contributed by atoms with Crippen LogP contribution in [-0.2, 0) is 17.6 Å². The molecule has 5 heteroatoms. The van der Waals surface area contributed by atoms with Gasteiger partial charge in [0, 0.05) is 12.0 Å². The van der Waals surface area contributed by atoms with Gasteiger partial charge in [-0.3, -0.25) is 4.79 Å². The lowest BCUT2D eigenvalue weighted by Crippen LogP contribution is -2.18. The van der Waals surface area contributed by atoms with Crippen molar-refractivity contribution in [1.82, 2.24) is 9.97 Å². The third-order valence-corrected chi connectivity index (χ3v) is 5.05. The van der Waals surface area contributed by atoms with E-state index in [2.05, 4.69) is 5.32 Å². The SMILES string of the molecule is CC(C)CC(=O)Nc1nc2c(nc1/C=C/c1ccccc1)-c1ccc(O)cc1CC2. The van der Waals surface area contributed by atoms with Crippen molar-refractivity contribution in [2.75, 3.05) is 5.32 Å². The first-order valence-corrected chi connectivity index (χ1v) is 10.3. The average molecular weight is 399 g/mol. The molecule has 1 heterocycles. The summed E-state index contributed by atoms with van der Waals surface area (Å²) in [5.74, 6) is 0.953. The van der Waals surface area contributed by atoms with E-state index in [-0.39, 0.29) is 17.6 Å². The summed E-state index contributed by atoms with van der Waals surface area (Å²) in [6, 6.07) is 15.3. The minimum Gasteiger partial charge on any atom is -0.508 e. The molecule has 1 aromatic heterocycles. The molecular formula is C25H25N3O2. The second-order valence-electron chi connectivity index (χ2n) is 7.98. The van der Waals surface area contributed by atoms with Gasteiger partial charge in [-0.15, -0.1) is 0 Å². The second kappa shape index (κ2) is 8.49. The van der Waals surface area contributed by atoms with Gasteiger partial charge < -0.3 is 10.4 Å². The molecule has 0 fully saturated rings. The monoisotopic (exact) mass is 399 g/mol. The zero-order valence-electron chi connectivity index (χ0n) is 17.2. The maximum absolute atomic E-state index is 12.4. The Morgan fingerprint density at radius 2 is 1.90 bits per heavy atom. The van der Waals surface area contributed by atoms with E-state index in [0.29, 0.717) is 24.4 Å². The Bertz CT molecular complexity index is 1100. The molecule has 0 bridgehead atoms. The Hall–Kier alpha value is -3.47. The average Bonchev–Trinajstić information content (AvgIpc) is 2.72. The topological polar surface area (TPSA) is 75.1 Å². The fourth-order valence-electron chi connectivity index (χ4n) is 3.65. The van der Waals surface area contributed by atoms with Crippen LogP contribution in [0.25, 0.3) is 23.4 Å². The normalized spacial score (nSPS) is 12.6. The standard InChI is InChI=1S/C25H25N3O2/c1-16(2)14-23(30)28-25-22(12-8-17-6-4-3-5-7-17)26-24-20-11-10-19(29)15-18(20)9-13-21(24)27-25/h3-8,10-12,15-16,29H,9,13-14H2,1-2H3,(H,27,28,30)/b12-8+. The van der Waals surface area contributed by atoms with Crippen molar-refractivity contribution in [3.05, 3.63) is 71.0 Å². The predicted molar refractivity (Wildman–Crippen MR) is 120 cm³/mol. The zero-order chi connectivity index (χ0) is 21.1. The third kappa shape index (κ3) is 4.40. The van der Waals surface area contributed by atoms with Gasteiger partial charge in [-0.1, -0.05) is 50.3 Å². The zero-order valence-corrected chi connectivity index (χ0v) is 17.2. The molecule has 1 aliphatic rings. The van der Waals surface area contributed by atoms with Crippen LogP contribution in [0.15, 0.2) is 48.5 Å². The first-order valence-electron chi connectivity index (χ1n) is 10.3. The second-order valence-corrected chi connectivity index (χ2v) is 7.98. The summed E-state index contributed by atoms with van der Waals surface area (Å²) in [6.45, 7) is 4.03. The number of rotatable bonds is 5. The van der Waals surface area contributed by atoms with Crippen molar-refractivity contribution in [3.8, 4) is 17.0 Å². The molecule has 4 rings (SSSR count). The molecule has 1 aliphatic carbocycles. The van der Waals surface area contributed by atoms with E-state index in [0.717, 1.165) is 34.5 Å². The molecule has 0 saturated carbocycles. The summed E-state index contributed by atoms with van der Waals surface area (Å²) in [7, 11) is 0. The molecular weight excluding hydrogens is 374 g/mol. The van der Waals surface area contributed by atoms with Crippen LogP contribution in [0.4, 0.5) is 5.82 Å². The Morgan fingerprint density at radius 3 is 2.67 bits per heavy atom. The van der Waals surface area contributed by atoms with Crippen molar-refractivity contribution in [2.24, 2.45) is 5.92 Å². The largest absolute Gasteiger partial charge is 0.508 e. The number of fused-ring (bicyclic) bond motifs is 3. The van der Waals surface area contributed by atoms with E-state index in [4.69, 9.17) is 9.97 Å². The molecule has 0 spiro atoms. The van der Waals surface area contributed by atoms with Gasteiger partial charge in [0.2, 0.25) is 5.91 Å². The highest BCUT2D eigenvalue weighted by molar-refractivity contribution is 5.92. The van der Waals surface area contributed by atoms with Crippen LogP contribution < -0.4 is 5.32 Å². The highest BCUT2D eigenvalue weighted by Gasteiger charge is 2.22. The van der Waals surface area contributed by atoms with E-state index in [1.807, 2.05) is 62.4 Å². The lowest BCUT2D eigenvalue weighted by atomic mass is 9.91. The van der Waals surface area contributed by atoms with Crippen molar-refractivity contribution < 1.29 is 9.90 Å². The Kier molecular flexibility index (Phi) is 5.61. The maximum Gasteiger partial charge on any atom is 0.225 e. The van der Waals surface area contributed by atoms with Gasteiger partial charge in [0.15, 0.2) is 5.82 Å². The highest BCUT2D eigenvalue weighted by Crippen LogP contribution is 2.34. The highest BCUT2D eigenvalue weighted by atomic mass is 16.3. The van der Waals surface area contributed by atoms with Crippen molar-refractivity contribution >= 4 is 23.9 Å². The Labute approximate surface area is 176 Å². The number of carbonyl (C=O) groups excluding carboxylic acids is 1. The number of nitrogens with zero attached hydrogens (tertiary/aromatic N) is 2. The summed E-state index contributed by atoms with van der Waals surface area (Å²) in [5.41, 5.74) is 5.38. The van der Waals surface area contributed by atoms with E-state index in [1.54, 1.807) is 12.1 Å². The Morgan fingerprint density at radius 1 is 1.10 bits per heavy atom. The molecule has 5 nitrogen and oxygen atoms in total. The predicted octanol–water partition coefficient (Wildman–Crippen LogP) is 5.10. The van der Waals surface area contributed by atoms with E-state index >= 15 is 0 Å². The number of carbonyl (C=O) groups is 1. The van der Waals surface area contributed by atoms with Crippen LogP contribution in [-0.4, -0.2) is 21.0 Å². The molecule has 0 atom stereocenters. The van der Waals surface area contributed by atoms with Gasteiger partial charge in [-0.25, -0.2) is 9.97 Å². The number of anilines is 1. The fraction of sp³-hybridized carbons (Fsp3) is 0.240. The molecule has 30 heavy (non-hydrogen) atoms. The summed E-state index contributed by atoms with van der Waals surface area (Å²) >= 11 is 0. The molecule has 0 aliphatic heterocycles. The lowest BCUT2D eigenvalue weighted by molar-refractivity contribution is -0.116. The van der Waals surface area contributed by atoms with Crippen LogP contribution in [0.3, 0.4) is 0 Å². The van der Waals surface area contributed by atoms with Gasteiger partial charge in [-0.05, 0) is 54.2 Å². The molecule has 2 N–H and O–H groups in total. The number of aromatic nitrogens is 2. The molecule has 152 valence electrons. The minimum absolute atomic E-state index is 0.0604. The first kappa shape index (κ1) is 19.8. The first-order chi connectivity index (χ1) is 14.5. The van der Waals surface area contributed by atoms with E-state index in [9.17, 15) is 9.90 Å². The van der Waals surface area contributed by atoms with Crippen LogP contribution >= 0.6 is 0 Å². The van der Waals surface area contributed by atoms with E-state index in [1.165, 1.54) is 0 Å². The van der Waals surface area contributed by atoms with Gasteiger partial charge in [0.1, 0.15) is 11.4 Å². The molecule has 2 aromatic carbocycles. The van der Waals surface area contributed by atoms with Crippen LogP contribution in [0.2, 0.25) is 0 Å². The summed E-state index contributed by atoms with van der Waals surface area (Å²) < 4.78 is 0. The lowest BCUT2D eigenvalue weighted by Gasteiger charge is -2.20. The summed E-state index contributed by atoms with van der Waals surface area (Å²) in [5, 5.41) is 12.8. The van der Waals surface area contributed by atoms with E-state index < -0.39 is 0 Å². The summed E-state index contributed by atoms with van der Waals surface area (Å²) in [6.07, 6.45) is 5.79. The molecule has 3 aromatic rings. The number of benzene rings is 2. The van der Waals surface area contributed by atoms with Crippen LogP contribution in [0, 0.1) is 5.92 Å². The number of aromatic hydroxyl groups is 1. The number of hydrogen-bond acceptors (Lipinski definition) is 4. The molecule has 1 amide bonds. The number of hydrogen-bond donors (Lipinski definition) is 2. The smallest absolute Gasteiger partial charge is 0.225 e. The van der Waals surface area contributed by atoms with Gasteiger partial charge in [0.05, 0.1) is 11.4 Å². The Balaban J connectivity index is 1.76. The van der Waals surface area contributed by atoms with Crippen molar-refractivity contribution in [1.29, 1.82) is 0 Å². The number of phenolic OH excluding ortho intramolecular Hbond substituents is 1. The van der Waals surface area contributed by atoms with Crippen molar-refractivity contribution in [2.45, 2.75) is 33.1 Å². The molecule has 0 radical (unpaired) electrons.